The topological polar surface area (TPSA) is 36.4 Å². The lowest BCUT2D eigenvalue weighted by Crippen LogP contribution is -2.48. The minimum absolute atomic E-state index is 0.236. The number of carbonyl (C=O) groups is 1. The Labute approximate surface area is 154 Å². The summed E-state index contributed by atoms with van der Waals surface area (Å²) in [6.07, 6.45) is 5.77. The Kier molecular flexibility index (Phi) is 6.48. The Morgan fingerprint density at radius 2 is 2.00 bits per heavy atom. The molecular formula is C20H25N3OS. The van der Waals surface area contributed by atoms with Crippen molar-refractivity contribution < 1.29 is 4.79 Å². The molecule has 0 radical (unpaired) electrons. The van der Waals surface area contributed by atoms with Gasteiger partial charge in [-0.3, -0.25) is 14.7 Å². The summed E-state index contributed by atoms with van der Waals surface area (Å²) in [6, 6.07) is 14.9. The molecule has 2 aromatic rings. The molecule has 4 nitrogen and oxygen atoms in total. The van der Waals surface area contributed by atoms with Gasteiger partial charge in [-0.05, 0) is 37.6 Å². The molecule has 0 N–H and O–H groups in total. The van der Waals surface area contributed by atoms with Crippen molar-refractivity contribution in [1.82, 2.24) is 14.8 Å². The van der Waals surface area contributed by atoms with Gasteiger partial charge < -0.3 is 4.90 Å². The van der Waals surface area contributed by atoms with Gasteiger partial charge in [0.1, 0.15) is 0 Å². The van der Waals surface area contributed by atoms with E-state index in [1.54, 1.807) is 24.2 Å². The van der Waals surface area contributed by atoms with Crippen LogP contribution < -0.4 is 0 Å². The highest BCUT2D eigenvalue weighted by atomic mass is 32.2. The number of likely N-dealkylation sites (N-methyl/N-ethyl adjacent to an activating group) is 1. The molecule has 0 aliphatic carbocycles. The first-order chi connectivity index (χ1) is 12.2. The number of hydrogen-bond donors (Lipinski definition) is 0. The Morgan fingerprint density at radius 1 is 1.24 bits per heavy atom. The summed E-state index contributed by atoms with van der Waals surface area (Å²) in [6.45, 7) is 2.64. The Balaban J connectivity index is 1.50. The highest BCUT2D eigenvalue weighted by Crippen LogP contribution is 2.20. The van der Waals surface area contributed by atoms with E-state index in [4.69, 9.17) is 0 Å². The molecule has 25 heavy (non-hydrogen) atoms. The zero-order chi connectivity index (χ0) is 17.5. The molecule has 0 spiro atoms. The average Bonchev–Trinajstić information content (AvgIpc) is 2.68. The van der Waals surface area contributed by atoms with E-state index >= 15 is 0 Å². The fourth-order valence-corrected chi connectivity index (χ4v) is 4.00. The van der Waals surface area contributed by atoms with Crippen LogP contribution in [0.2, 0.25) is 0 Å². The van der Waals surface area contributed by atoms with Crippen LogP contribution >= 0.6 is 11.8 Å². The van der Waals surface area contributed by atoms with E-state index in [2.05, 4.69) is 41.2 Å². The Bertz CT molecular complexity index is 665. The van der Waals surface area contributed by atoms with Crippen LogP contribution in [0.5, 0.6) is 0 Å². The molecule has 3 rings (SSSR count). The summed E-state index contributed by atoms with van der Waals surface area (Å²) >= 11 is 1.59. The highest BCUT2D eigenvalue weighted by Gasteiger charge is 2.26. The Morgan fingerprint density at radius 3 is 2.76 bits per heavy atom. The van der Waals surface area contributed by atoms with Crippen molar-refractivity contribution in [3.63, 3.8) is 0 Å². The number of likely N-dealkylation sites (tertiary alicyclic amines) is 1. The van der Waals surface area contributed by atoms with Crippen molar-refractivity contribution in [3.05, 3.63) is 60.4 Å². The SMILES string of the molecule is CN(Cc1ccccc1)[C@@H]1CCCN(C(=O)CSc2ccncc2)C1. The van der Waals surface area contributed by atoms with E-state index in [1.807, 2.05) is 23.1 Å². The van der Waals surface area contributed by atoms with Gasteiger partial charge in [-0.1, -0.05) is 30.3 Å². The standard InChI is InChI=1S/C20H25N3OS/c1-22(14-17-6-3-2-4-7-17)18-8-5-13-23(15-18)20(24)16-25-19-9-11-21-12-10-19/h2-4,6-7,9-12,18H,5,8,13-16H2,1H3/t18-/m1/s1. The lowest BCUT2D eigenvalue weighted by atomic mass is 10.0. The van der Waals surface area contributed by atoms with E-state index in [1.165, 1.54) is 5.56 Å². The third-order valence-corrected chi connectivity index (χ3v) is 5.66. The Hall–Kier alpha value is -1.85. The lowest BCUT2D eigenvalue weighted by Gasteiger charge is -2.37. The molecule has 1 aromatic heterocycles. The summed E-state index contributed by atoms with van der Waals surface area (Å²) < 4.78 is 0. The fourth-order valence-electron chi connectivity index (χ4n) is 3.21. The third kappa shape index (κ3) is 5.31. The number of rotatable bonds is 6. The predicted octanol–water partition coefficient (Wildman–Crippen LogP) is 3.30. The maximum Gasteiger partial charge on any atom is 0.232 e. The fraction of sp³-hybridized carbons (Fsp3) is 0.400. The molecule has 0 unspecified atom stereocenters. The number of thioether (sulfide) groups is 1. The van der Waals surface area contributed by atoms with Gasteiger partial charge in [-0.25, -0.2) is 0 Å². The molecule has 1 fully saturated rings. The molecule has 0 saturated carbocycles. The minimum Gasteiger partial charge on any atom is -0.340 e. The molecule has 1 aliphatic heterocycles. The smallest absolute Gasteiger partial charge is 0.232 e. The van der Waals surface area contributed by atoms with Crippen molar-refractivity contribution in [1.29, 1.82) is 0 Å². The first-order valence-corrected chi connectivity index (χ1v) is 9.75. The number of aromatic nitrogens is 1. The van der Waals surface area contributed by atoms with Gasteiger partial charge in [-0.2, -0.15) is 0 Å². The van der Waals surface area contributed by atoms with Crippen LogP contribution in [0.1, 0.15) is 18.4 Å². The van der Waals surface area contributed by atoms with Crippen LogP contribution in [-0.4, -0.2) is 52.6 Å². The summed E-state index contributed by atoms with van der Waals surface area (Å²) in [5, 5.41) is 0. The maximum absolute atomic E-state index is 12.6. The first-order valence-electron chi connectivity index (χ1n) is 8.77. The van der Waals surface area contributed by atoms with Crippen LogP contribution in [0.3, 0.4) is 0 Å². The quantitative estimate of drug-likeness (QED) is 0.745. The van der Waals surface area contributed by atoms with Gasteiger partial charge in [0.25, 0.3) is 0 Å². The molecule has 1 aliphatic rings. The van der Waals surface area contributed by atoms with Crippen molar-refractivity contribution in [2.45, 2.75) is 30.3 Å². The van der Waals surface area contributed by atoms with Gasteiger partial charge in [-0.15, -0.1) is 11.8 Å². The van der Waals surface area contributed by atoms with Crippen LogP contribution in [0.15, 0.2) is 59.8 Å². The van der Waals surface area contributed by atoms with Crippen molar-refractivity contribution >= 4 is 17.7 Å². The highest BCUT2D eigenvalue weighted by molar-refractivity contribution is 8.00. The van der Waals surface area contributed by atoms with Gasteiger partial charge in [0, 0.05) is 43.0 Å². The van der Waals surface area contributed by atoms with Crippen LogP contribution in [0, 0.1) is 0 Å². The maximum atomic E-state index is 12.6. The second-order valence-corrected chi connectivity index (χ2v) is 7.56. The minimum atomic E-state index is 0.236. The molecule has 5 heteroatoms. The number of amides is 1. The molecule has 1 aromatic carbocycles. The summed E-state index contributed by atoms with van der Waals surface area (Å²) in [7, 11) is 2.16. The van der Waals surface area contributed by atoms with E-state index in [9.17, 15) is 4.79 Å². The van der Waals surface area contributed by atoms with Gasteiger partial charge in [0.05, 0.1) is 5.75 Å². The number of piperidine rings is 1. The first kappa shape index (κ1) is 18.0. The number of carbonyl (C=O) groups excluding carboxylic acids is 1. The van der Waals surface area contributed by atoms with Crippen molar-refractivity contribution in [3.8, 4) is 0 Å². The van der Waals surface area contributed by atoms with Gasteiger partial charge in [0.15, 0.2) is 0 Å². The van der Waals surface area contributed by atoms with Gasteiger partial charge in [0.2, 0.25) is 5.91 Å². The van der Waals surface area contributed by atoms with E-state index in [0.29, 0.717) is 11.8 Å². The molecule has 132 valence electrons. The largest absolute Gasteiger partial charge is 0.340 e. The number of hydrogen-bond acceptors (Lipinski definition) is 4. The van der Waals surface area contributed by atoms with Crippen molar-refractivity contribution in [2.24, 2.45) is 0 Å². The second kappa shape index (κ2) is 9.02. The molecule has 2 heterocycles. The average molecular weight is 356 g/mol. The lowest BCUT2D eigenvalue weighted by molar-refractivity contribution is -0.130. The normalized spacial score (nSPS) is 17.7. The van der Waals surface area contributed by atoms with Crippen LogP contribution in [0.25, 0.3) is 0 Å². The van der Waals surface area contributed by atoms with Crippen molar-refractivity contribution in [2.75, 3.05) is 25.9 Å². The summed E-state index contributed by atoms with van der Waals surface area (Å²) in [4.78, 5) is 22.1. The summed E-state index contributed by atoms with van der Waals surface area (Å²) in [5.74, 6) is 0.735. The molecule has 1 amide bonds. The zero-order valence-electron chi connectivity index (χ0n) is 14.7. The van der Waals surface area contributed by atoms with Gasteiger partial charge >= 0.3 is 0 Å². The van der Waals surface area contributed by atoms with E-state index < -0.39 is 0 Å². The molecule has 1 atom stereocenters. The van der Waals surface area contributed by atoms with Crippen LogP contribution in [-0.2, 0) is 11.3 Å². The van der Waals surface area contributed by atoms with E-state index in [0.717, 1.165) is 37.4 Å². The number of benzene rings is 1. The number of nitrogens with zero attached hydrogens (tertiary/aromatic N) is 3. The van der Waals surface area contributed by atoms with E-state index in [-0.39, 0.29) is 5.91 Å². The predicted molar refractivity (Wildman–Crippen MR) is 102 cm³/mol. The molecule has 1 saturated heterocycles. The zero-order valence-corrected chi connectivity index (χ0v) is 15.5. The van der Waals surface area contributed by atoms with Crippen LogP contribution in [0.4, 0.5) is 0 Å². The molecule has 0 bridgehead atoms. The monoisotopic (exact) mass is 355 g/mol. The molecular weight excluding hydrogens is 330 g/mol. The third-order valence-electron chi connectivity index (χ3n) is 4.66. The second-order valence-electron chi connectivity index (χ2n) is 6.51. The number of pyridine rings is 1. The summed E-state index contributed by atoms with van der Waals surface area (Å²) in [5.41, 5.74) is 1.32.